The molecular weight excluding hydrogens is 1090 g/mol. The number of ether oxygens (including phenoxy) is 1. The zero-order valence-electron chi connectivity index (χ0n) is 51.5. The van der Waals surface area contributed by atoms with E-state index in [0.29, 0.717) is 38.4 Å². The Labute approximate surface area is 508 Å². The van der Waals surface area contributed by atoms with Gasteiger partial charge < -0.3 is 51.3 Å². The van der Waals surface area contributed by atoms with E-state index in [1.165, 1.54) is 50.8 Å². The molecule has 0 fully saturated rings. The normalized spacial score (nSPS) is 18.7. The van der Waals surface area contributed by atoms with Crippen LogP contribution in [-0.2, 0) is 30.0 Å². The van der Waals surface area contributed by atoms with Crippen LogP contribution in [0.25, 0.3) is 0 Å². The molecule has 3 amide bonds. The maximum Gasteiger partial charge on any atom is 0.326 e. The number of rotatable bonds is 35. The number of fused-ring (bicyclic) bond motifs is 2. The van der Waals surface area contributed by atoms with Crippen molar-refractivity contribution < 1.29 is 53.7 Å². The van der Waals surface area contributed by atoms with Crippen LogP contribution < -0.4 is 36.2 Å². The van der Waals surface area contributed by atoms with Gasteiger partial charge in [0, 0.05) is 78.6 Å². The number of carbonyl (C=O) groups is 5. The number of anilines is 1. The number of carbonyl (C=O) groups excluding carboxylic acids is 2. The molecule has 4 aliphatic rings. The van der Waals surface area contributed by atoms with E-state index in [0.717, 1.165) is 114 Å². The highest BCUT2D eigenvalue weighted by Crippen LogP contribution is 2.48. The lowest BCUT2D eigenvalue weighted by Crippen LogP contribution is -2.51. The molecule has 1 aliphatic carbocycles. The molecule has 3 heterocycles. The quantitative estimate of drug-likeness (QED) is 0.0151. The standard InChI is InChI=1S/C69H93N7O10/c1-7-9-44-76-58-38-34-49(45-54(58)69(5,6)60(76)40-36-48-25-23-24-47(63(48)86-52-28-14-12-15-29-52)35-39-59-68(3,4)53-30-17-18-32-57(53)75(59)8-2)64(80)71-43-21-19-27-51-46-50(72-51)26-13-10-11-16-33-61(77)70-42-22-20-31-55(65(81)82)73-67(85)74-56(66(83)84)37-41-62(78)79/h12,14-15,17-18,28-30,32,34-36,38-40,45-46,51,55-56,64,71-72,80H,7-11,13,16,19-27,31,33,37,41-44H2,1-6H3,(H5-,70,73,74,77,78,79,81,82,83,84,85)/p+1. The maximum atomic E-state index is 12.4. The van der Waals surface area contributed by atoms with Gasteiger partial charge in [-0.15, -0.1) is 0 Å². The number of carboxylic acids is 3. The molecule has 17 heteroatoms. The molecule has 9 N–H and O–H groups in total. The first-order chi connectivity index (χ1) is 41.3. The molecule has 17 nitrogen and oxygen atoms in total. The van der Waals surface area contributed by atoms with E-state index >= 15 is 0 Å². The molecule has 86 heavy (non-hydrogen) atoms. The lowest BCUT2D eigenvalue weighted by atomic mass is 9.80. The average molecular weight is 1180 g/mol. The number of allylic oxidation sites excluding steroid dienone is 8. The Kier molecular flexibility index (Phi) is 24.4. The number of nitrogens with one attached hydrogen (secondary N) is 5. The van der Waals surface area contributed by atoms with Gasteiger partial charge in [0.25, 0.3) is 0 Å². The third-order valence-electron chi connectivity index (χ3n) is 17.2. The minimum Gasteiger partial charge on any atom is -0.481 e. The van der Waals surface area contributed by atoms with Crippen LogP contribution in [0.2, 0.25) is 0 Å². The van der Waals surface area contributed by atoms with E-state index in [1.54, 1.807) is 0 Å². The fraction of sp³-hybridized carbons (Fsp3) is 0.507. The van der Waals surface area contributed by atoms with Crippen LogP contribution >= 0.6 is 0 Å². The molecule has 0 radical (unpaired) electrons. The molecule has 0 saturated carbocycles. The minimum atomic E-state index is -1.47. The van der Waals surface area contributed by atoms with E-state index in [2.05, 4.69) is 150 Å². The number of aliphatic hydroxyl groups excluding tert-OH is 1. The van der Waals surface area contributed by atoms with Crippen LogP contribution in [-0.4, -0.2) is 105 Å². The van der Waals surface area contributed by atoms with Crippen LogP contribution in [0.5, 0.6) is 5.75 Å². The van der Waals surface area contributed by atoms with Gasteiger partial charge in [-0.1, -0.05) is 82.5 Å². The minimum absolute atomic E-state index is 0.0666. The van der Waals surface area contributed by atoms with Crippen molar-refractivity contribution in [3.8, 4) is 5.75 Å². The topological polar surface area (TPSA) is 242 Å². The van der Waals surface area contributed by atoms with Crippen molar-refractivity contribution in [2.45, 2.75) is 199 Å². The predicted octanol–water partition coefficient (Wildman–Crippen LogP) is 11.9. The highest BCUT2D eigenvalue weighted by atomic mass is 16.5. The number of aliphatic carboxylic acids is 3. The van der Waals surface area contributed by atoms with E-state index in [1.807, 2.05) is 30.3 Å². The smallest absolute Gasteiger partial charge is 0.326 e. The molecule has 4 unspecified atom stereocenters. The number of aliphatic hydroxyl groups is 1. The van der Waals surface area contributed by atoms with Crippen LogP contribution in [0.4, 0.5) is 16.2 Å². The van der Waals surface area contributed by atoms with Crippen molar-refractivity contribution in [1.29, 1.82) is 0 Å². The summed E-state index contributed by atoms with van der Waals surface area (Å²) in [6.45, 7) is 16.6. The third kappa shape index (κ3) is 17.8. The van der Waals surface area contributed by atoms with Crippen molar-refractivity contribution in [1.82, 2.24) is 26.6 Å². The van der Waals surface area contributed by atoms with Gasteiger partial charge in [0.15, 0.2) is 5.71 Å². The van der Waals surface area contributed by atoms with Crippen LogP contribution in [0.15, 0.2) is 131 Å². The number of hydrogen-bond acceptors (Lipinski definition) is 10. The summed E-state index contributed by atoms with van der Waals surface area (Å²) < 4.78 is 9.37. The van der Waals surface area contributed by atoms with Gasteiger partial charge in [0.05, 0.1) is 5.41 Å². The monoisotopic (exact) mass is 1180 g/mol. The molecular formula is C69H94N7O10+. The lowest BCUT2D eigenvalue weighted by Gasteiger charge is -2.29. The molecule has 3 aromatic carbocycles. The third-order valence-corrected chi connectivity index (χ3v) is 17.2. The first kappa shape index (κ1) is 66.0. The lowest BCUT2D eigenvalue weighted by molar-refractivity contribution is -0.438. The van der Waals surface area contributed by atoms with Crippen LogP contribution in [0.3, 0.4) is 0 Å². The summed E-state index contributed by atoms with van der Waals surface area (Å²) >= 11 is 0. The number of hydrogen-bond donors (Lipinski definition) is 9. The second kappa shape index (κ2) is 31.8. The van der Waals surface area contributed by atoms with Crippen molar-refractivity contribution in [3.63, 3.8) is 0 Å². The number of benzene rings is 3. The fourth-order valence-electron chi connectivity index (χ4n) is 12.2. The van der Waals surface area contributed by atoms with Gasteiger partial charge in [-0.3, -0.25) is 14.9 Å². The Balaban J connectivity index is 0.826. The SMILES string of the molecule is CCCC[N+]1=C(C=CC2=C(Oc3ccccc3)C(=CC=C3N(CC)c4ccccc4C3(C)C)CCC2)C(C)(C)c2cc(C(O)NCCCCC3C=C(CCCCCCC(=O)NCCCCC(NC(=O)NC(CCC(=O)O)C(=O)O)C(=O)O)N3)ccc21. The van der Waals surface area contributed by atoms with Crippen LogP contribution in [0, 0.1) is 0 Å². The predicted molar refractivity (Wildman–Crippen MR) is 338 cm³/mol. The molecule has 3 aromatic rings. The Bertz CT molecular complexity index is 3050. The molecule has 0 spiro atoms. The number of carboxylic acid groups (broad SMARTS) is 3. The van der Waals surface area contributed by atoms with E-state index in [9.17, 15) is 39.3 Å². The molecule has 4 atom stereocenters. The summed E-state index contributed by atoms with van der Waals surface area (Å²) in [6.07, 6.45) is 24.1. The highest BCUT2D eigenvalue weighted by Gasteiger charge is 2.45. The summed E-state index contributed by atoms with van der Waals surface area (Å²) in [5.74, 6) is -2.24. The van der Waals surface area contributed by atoms with E-state index in [4.69, 9.17) is 9.84 Å². The van der Waals surface area contributed by atoms with E-state index < -0.39 is 48.7 Å². The van der Waals surface area contributed by atoms with Crippen LogP contribution in [0.1, 0.15) is 186 Å². The molecule has 7 rings (SSSR count). The summed E-state index contributed by atoms with van der Waals surface area (Å²) in [6, 6.07) is 22.0. The first-order valence-electron chi connectivity index (χ1n) is 31.4. The molecule has 0 saturated heterocycles. The van der Waals surface area contributed by atoms with Crippen molar-refractivity contribution in [2.75, 3.05) is 31.1 Å². The van der Waals surface area contributed by atoms with Gasteiger partial charge in [-0.2, -0.15) is 4.58 Å². The molecule has 0 bridgehead atoms. The summed E-state index contributed by atoms with van der Waals surface area (Å²) in [5, 5.41) is 53.3. The summed E-state index contributed by atoms with van der Waals surface area (Å²) in [7, 11) is 0. The summed E-state index contributed by atoms with van der Waals surface area (Å²) in [4.78, 5) is 60.9. The maximum absolute atomic E-state index is 12.4. The van der Waals surface area contributed by atoms with Gasteiger partial charge in [0.2, 0.25) is 11.6 Å². The summed E-state index contributed by atoms with van der Waals surface area (Å²) in [5.41, 5.74) is 11.7. The Morgan fingerprint density at radius 2 is 1.47 bits per heavy atom. The highest BCUT2D eigenvalue weighted by molar-refractivity contribution is 6.03. The Hall–Kier alpha value is -7.50. The van der Waals surface area contributed by atoms with E-state index in [-0.39, 0.29) is 29.6 Å². The second-order valence-corrected chi connectivity index (χ2v) is 24.3. The fourth-order valence-corrected chi connectivity index (χ4v) is 12.2. The van der Waals surface area contributed by atoms with Gasteiger partial charge in [0.1, 0.15) is 36.4 Å². The first-order valence-corrected chi connectivity index (χ1v) is 31.4. The number of nitrogens with zero attached hydrogens (tertiary/aromatic N) is 2. The largest absolute Gasteiger partial charge is 0.481 e. The average Bonchev–Trinajstić information content (AvgIpc) is 1.68. The molecule has 0 aromatic heterocycles. The van der Waals surface area contributed by atoms with Gasteiger partial charge in [-0.25, -0.2) is 14.4 Å². The number of amides is 3. The number of likely N-dealkylation sites (N-methyl/N-ethyl adjacent to an activating group) is 1. The number of unbranched alkanes of at least 4 members (excludes halogenated alkanes) is 6. The molecule has 464 valence electrons. The zero-order chi connectivity index (χ0) is 61.8. The zero-order valence-corrected chi connectivity index (χ0v) is 51.5. The van der Waals surface area contributed by atoms with Crippen molar-refractivity contribution in [3.05, 3.63) is 148 Å². The van der Waals surface area contributed by atoms with Crippen molar-refractivity contribution >= 4 is 46.9 Å². The molecule has 3 aliphatic heterocycles. The van der Waals surface area contributed by atoms with Crippen molar-refractivity contribution in [2.24, 2.45) is 0 Å². The second-order valence-electron chi connectivity index (χ2n) is 24.3. The number of para-hydroxylation sites is 2. The Morgan fingerprint density at radius 1 is 0.756 bits per heavy atom. The number of urea groups is 1. The van der Waals surface area contributed by atoms with Gasteiger partial charge >= 0.3 is 23.9 Å². The Morgan fingerprint density at radius 3 is 2.19 bits per heavy atom. The van der Waals surface area contributed by atoms with Gasteiger partial charge in [-0.05, 0) is 182 Å².